The van der Waals surface area contributed by atoms with Gasteiger partial charge in [0.1, 0.15) is 0 Å². The molecule has 1 aromatic rings. The molecule has 1 aromatic carbocycles. The largest absolute Gasteiger partial charge is 0.368 e. The molecule has 20 heavy (non-hydrogen) atoms. The van der Waals surface area contributed by atoms with Crippen LogP contribution in [0.2, 0.25) is 0 Å². The maximum atomic E-state index is 12.5. The smallest absolute Gasteiger partial charge is 0.254 e. The molecule has 0 spiro atoms. The lowest BCUT2D eigenvalue weighted by molar-refractivity contribution is -0.118. The average molecular weight is 277 g/mol. The quantitative estimate of drug-likeness (QED) is 0.771. The fourth-order valence-electron chi connectivity index (χ4n) is 2.06. The molecule has 0 aromatic heterocycles. The molecular formula is C15H23N3O2. The highest BCUT2D eigenvalue weighted by Gasteiger charge is 2.18. The number of primary amides is 1. The summed E-state index contributed by atoms with van der Waals surface area (Å²) < 4.78 is 0. The van der Waals surface area contributed by atoms with Gasteiger partial charge in [-0.25, -0.2) is 0 Å². The molecular weight excluding hydrogens is 254 g/mol. The second-order valence-electron chi connectivity index (χ2n) is 5.28. The van der Waals surface area contributed by atoms with Gasteiger partial charge in [-0.2, -0.15) is 0 Å². The Morgan fingerprint density at radius 3 is 2.55 bits per heavy atom. The molecule has 2 amide bonds. The van der Waals surface area contributed by atoms with Crippen molar-refractivity contribution in [2.75, 3.05) is 19.6 Å². The maximum absolute atomic E-state index is 12.5. The van der Waals surface area contributed by atoms with Gasteiger partial charge in [-0.15, -0.1) is 0 Å². The molecule has 0 aliphatic rings. The minimum Gasteiger partial charge on any atom is -0.368 e. The topological polar surface area (TPSA) is 89.4 Å². The summed E-state index contributed by atoms with van der Waals surface area (Å²) in [4.78, 5) is 25.1. The van der Waals surface area contributed by atoms with Crippen molar-refractivity contribution >= 4 is 11.8 Å². The summed E-state index contributed by atoms with van der Waals surface area (Å²) in [6, 6.07) is 7.33. The van der Waals surface area contributed by atoms with Crippen LogP contribution in [-0.4, -0.2) is 36.3 Å². The summed E-state index contributed by atoms with van der Waals surface area (Å²) in [5.41, 5.74) is 12.3. The van der Waals surface area contributed by atoms with Crippen LogP contribution in [0.4, 0.5) is 0 Å². The standard InChI is InChI=1S/C15H23N3O2/c1-11(2)9-18(10-14(17)19)15(20)13-5-3-4-12(8-13)6-7-16/h3-5,8,11H,6-7,9-10,16H2,1-2H3,(H2,17,19). The fraction of sp³-hybridized carbons (Fsp3) is 0.467. The predicted octanol–water partition coefficient (Wildman–Crippen LogP) is 0.771. The van der Waals surface area contributed by atoms with E-state index in [1.54, 1.807) is 6.07 Å². The third-order valence-corrected chi connectivity index (χ3v) is 2.83. The van der Waals surface area contributed by atoms with Crippen LogP contribution in [0.3, 0.4) is 0 Å². The Balaban J connectivity index is 2.92. The molecule has 0 heterocycles. The summed E-state index contributed by atoms with van der Waals surface area (Å²) in [6.07, 6.45) is 0.723. The van der Waals surface area contributed by atoms with E-state index in [0.717, 1.165) is 12.0 Å². The van der Waals surface area contributed by atoms with Crippen molar-refractivity contribution in [2.24, 2.45) is 17.4 Å². The van der Waals surface area contributed by atoms with Crippen molar-refractivity contribution in [1.29, 1.82) is 0 Å². The molecule has 0 aliphatic carbocycles. The van der Waals surface area contributed by atoms with E-state index in [0.29, 0.717) is 18.7 Å². The van der Waals surface area contributed by atoms with E-state index in [4.69, 9.17) is 11.5 Å². The van der Waals surface area contributed by atoms with Gasteiger partial charge in [-0.1, -0.05) is 26.0 Å². The van der Waals surface area contributed by atoms with Crippen molar-refractivity contribution < 1.29 is 9.59 Å². The lowest BCUT2D eigenvalue weighted by atomic mass is 10.1. The second-order valence-corrected chi connectivity index (χ2v) is 5.28. The number of nitrogens with two attached hydrogens (primary N) is 2. The summed E-state index contributed by atoms with van der Waals surface area (Å²) in [5.74, 6) is -0.404. The SMILES string of the molecule is CC(C)CN(CC(N)=O)C(=O)c1cccc(CCN)c1. The van der Waals surface area contributed by atoms with E-state index in [9.17, 15) is 9.59 Å². The van der Waals surface area contributed by atoms with Gasteiger partial charge in [0.25, 0.3) is 5.91 Å². The lowest BCUT2D eigenvalue weighted by Crippen LogP contribution is -2.40. The summed E-state index contributed by atoms with van der Waals surface area (Å²) in [5, 5.41) is 0. The van der Waals surface area contributed by atoms with Crippen LogP contribution in [0, 0.1) is 5.92 Å². The summed E-state index contributed by atoms with van der Waals surface area (Å²) >= 11 is 0. The first-order chi connectivity index (χ1) is 9.43. The van der Waals surface area contributed by atoms with Crippen LogP contribution in [0.15, 0.2) is 24.3 Å². The molecule has 0 saturated carbocycles. The first kappa shape index (κ1) is 16.2. The number of carbonyl (C=O) groups is 2. The average Bonchev–Trinajstić information content (AvgIpc) is 2.37. The monoisotopic (exact) mass is 277 g/mol. The molecule has 0 unspecified atom stereocenters. The highest BCUT2D eigenvalue weighted by Crippen LogP contribution is 2.10. The molecule has 0 bridgehead atoms. The van der Waals surface area contributed by atoms with Crippen LogP contribution in [-0.2, 0) is 11.2 Å². The number of carbonyl (C=O) groups excluding carboxylic acids is 2. The van der Waals surface area contributed by atoms with Gasteiger partial charge in [-0.3, -0.25) is 9.59 Å². The van der Waals surface area contributed by atoms with Crippen LogP contribution in [0.25, 0.3) is 0 Å². The number of hydrogen-bond donors (Lipinski definition) is 2. The Bertz CT molecular complexity index is 472. The van der Waals surface area contributed by atoms with Crippen LogP contribution >= 0.6 is 0 Å². The number of rotatable bonds is 7. The number of nitrogens with zero attached hydrogens (tertiary/aromatic N) is 1. The zero-order valence-corrected chi connectivity index (χ0v) is 12.1. The Kier molecular flexibility index (Phi) is 6.18. The van der Waals surface area contributed by atoms with Gasteiger partial charge in [-0.05, 0) is 36.6 Å². The minimum absolute atomic E-state index is 0.0574. The Labute approximate surface area is 119 Å². The van der Waals surface area contributed by atoms with E-state index < -0.39 is 5.91 Å². The van der Waals surface area contributed by atoms with Crippen LogP contribution in [0.1, 0.15) is 29.8 Å². The second kappa shape index (κ2) is 7.65. The lowest BCUT2D eigenvalue weighted by Gasteiger charge is -2.23. The Morgan fingerprint density at radius 1 is 1.30 bits per heavy atom. The van der Waals surface area contributed by atoms with E-state index in [-0.39, 0.29) is 18.4 Å². The third-order valence-electron chi connectivity index (χ3n) is 2.83. The van der Waals surface area contributed by atoms with Crippen LogP contribution < -0.4 is 11.5 Å². The zero-order chi connectivity index (χ0) is 15.1. The van der Waals surface area contributed by atoms with Crippen molar-refractivity contribution in [3.63, 3.8) is 0 Å². The molecule has 4 N–H and O–H groups in total. The van der Waals surface area contributed by atoms with E-state index >= 15 is 0 Å². The highest BCUT2D eigenvalue weighted by atomic mass is 16.2. The van der Waals surface area contributed by atoms with Crippen molar-refractivity contribution in [1.82, 2.24) is 4.90 Å². The number of amides is 2. The van der Waals surface area contributed by atoms with E-state index in [1.807, 2.05) is 32.0 Å². The third kappa shape index (κ3) is 5.01. The highest BCUT2D eigenvalue weighted by molar-refractivity contribution is 5.96. The zero-order valence-electron chi connectivity index (χ0n) is 12.1. The molecule has 0 radical (unpaired) electrons. The Hall–Kier alpha value is -1.88. The molecule has 0 fully saturated rings. The van der Waals surface area contributed by atoms with Gasteiger partial charge >= 0.3 is 0 Å². The predicted molar refractivity (Wildman–Crippen MR) is 79.1 cm³/mol. The molecule has 0 aliphatic heterocycles. The van der Waals surface area contributed by atoms with Crippen molar-refractivity contribution in [3.8, 4) is 0 Å². The minimum atomic E-state index is -0.503. The molecule has 0 atom stereocenters. The van der Waals surface area contributed by atoms with Gasteiger partial charge in [0, 0.05) is 12.1 Å². The van der Waals surface area contributed by atoms with Gasteiger partial charge in [0.2, 0.25) is 5.91 Å². The molecule has 1 rings (SSSR count). The molecule has 5 nitrogen and oxygen atoms in total. The van der Waals surface area contributed by atoms with E-state index in [1.165, 1.54) is 4.90 Å². The summed E-state index contributed by atoms with van der Waals surface area (Å²) in [6.45, 7) is 4.97. The van der Waals surface area contributed by atoms with Crippen molar-refractivity contribution in [3.05, 3.63) is 35.4 Å². The first-order valence-electron chi connectivity index (χ1n) is 6.80. The van der Waals surface area contributed by atoms with Gasteiger partial charge in [0.15, 0.2) is 0 Å². The van der Waals surface area contributed by atoms with Gasteiger partial charge in [0.05, 0.1) is 6.54 Å². The molecule has 5 heteroatoms. The van der Waals surface area contributed by atoms with Crippen molar-refractivity contribution in [2.45, 2.75) is 20.3 Å². The Morgan fingerprint density at radius 2 is 2.00 bits per heavy atom. The van der Waals surface area contributed by atoms with Gasteiger partial charge < -0.3 is 16.4 Å². The fourth-order valence-corrected chi connectivity index (χ4v) is 2.06. The molecule has 110 valence electrons. The molecule has 0 saturated heterocycles. The number of benzene rings is 1. The number of hydrogen-bond acceptors (Lipinski definition) is 3. The van der Waals surface area contributed by atoms with Crippen LogP contribution in [0.5, 0.6) is 0 Å². The normalized spacial score (nSPS) is 10.6. The van der Waals surface area contributed by atoms with E-state index in [2.05, 4.69) is 0 Å². The summed E-state index contributed by atoms with van der Waals surface area (Å²) in [7, 11) is 0. The maximum Gasteiger partial charge on any atom is 0.254 e. The first-order valence-corrected chi connectivity index (χ1v) is 6.80.